The van der Waals surface area contributed by atoms with Crippen molar-refractivity contribution in [1.82, 2.24) is 0 Å². The second-order valence-corrected chi connectivity index (χ2v) is 4.23. The summed E-state index contributed by atoms with van der Waals surface area (Å²) in [6, 6.07) is 0. The smallest absolute Gasteiger partial charge is 0.331 e. The van der Waals surface area contributed by atoms with Crippen molar-refractivity contribution in [2.24, 2.45) is 11.3 Å². The quantitative estimate of drug-likeness (QED) is 0.638. The molecule has 0 radical (unpaired) electrons. The Morgan fingerprint density at radius 3 is 2.58 bits per heavy atom. The maximum absolute atomic E-state index is 10.7. The normalized spacial score (nSPS) is 38.5. The third-order valence-corrected chi connectivity index (χ3v) is 3.52. The average molecular weight is 166 g/mol. The average Bonchev–Trinajstić information content (AvgIpc) is 2.02. The van der Waals surface area contributed by atoms with Crippen LogP contribution in [0.4, 0.5) is 0 Å². The van der Waals surface area contributed by atoms with Gasteiger partial charge in [-0.2, -0.15) is 0 Å². The van der Waals surface area contributed by atoms with E-state index in [1.807, 2.05) is 0 Å². The van der Waals surface area contributed by atoms with E-state index < -0.39 is 5.97 Å². The van der Waals surface area contributed by atoms with Crippen LogP contribution in [-0.2, 0) is 4.79 Å². The van der Waals surface area contributed by atoms with Crippen molar-refractivity contribution in [3.05, 3.63) is 12.2 Å². The van der Waals surface area contributed by atoms with Crippen molar-refractivity contribution in [3.63, 3.8) is 0 Å². The molecule has 12 heavy (non-hydrogen) atoms. The largest absolute Gasteiger partial charge is 0.478 e. The van der Waals surface area contributed by atoms with Gasteiger partial charge in [-0.25, -0.2) is 4.79 Å². The Morgan fingerprint density at radius 1 is 1.50 bits per heavy atom. The molecule has 0 aromatic heterocycles. The van der Waals surface area contributed by atoms with Crippen LogP contribution in [0.15, 0.2) is 12.2 Å². The van der Waals surface area contributed by atoms with Crippen molar-refractivity contribution in [1.29, 1.82) is 0 Å². The minimum absolute atomic E-state index is 0.00868. The minimum atomic E-state index is -0.796. The maximum Gasteiger partial charge on any atom is 0.331 e. The van der Waals surface area contributed by atoms with E-state index in [-0.39, 0.29) is 5.41 Å². The molecule has 0 atom stereocenters. The Hall–Kier alpha value is -0.790. The number of carboxylic acids is 1. The van der Waals surface area contributed by atoms with Crippen molar-refractivity contribution < 1.29 is 9.90 Å². The summed E-state index contributed by atoms with van der Waals surface area (Å²) < 4.78 is 0. The van der Waals surface area contributed by atoms with Gasteiger partial charge < -0.3 is 5.11 Å². The number of carbonyl (C=O) groups is 1. The van der Waals surface area contributed by atoms with Crippen LogP contribution in [-0.4, -0.2) is 11.1 Å². The van der Waals surface area contributed by atoms with E-state index >= 15 is 0 Å². The van der Waals surface area contributed by atoms with Crippen LogP contribution in [0.3, 0.4) is 0 Å². The fourth-order valence-electron chi connectivity index (χ4n) is 2.81. The molecule has 0 spiro atoms. The fourth-order valence-corrected chi connectivity index (χ4v) is 2.81. The summed E-state index contributed by atoms with van der Waals surface area (Å²) in [6.45, 7) is 3.69. The number of carboxylic acid groups (broad SMARTS) is 1. The van der Waals surface area contributed by atoms with E-state index in [2.05, 4.69) is 6.58 Å². The van der Waals surface area contributed by atoms with Crippen LogP contribution in [0.1, 0.15) is 32.1 Å². The van der Waals surface area contributed by atoms with Crippen LogP contribution < -0.4 is 0 Å². The zero-order valence-corrected chi connectivity index (χ0v) is 7.18. The summed E-state index contributed by atoms with van der Waals surface area (Å²) in [6.07, 6.45) is 5.70. The first kappa shape index (κ1) is 7.84. The molecule has 1 N–H and O–H groups in total. The predicted octanol–water partition coefficient (Wildman–Crippen LogP) is 2.21. The van der Waals surface area contributed by atoms with Crippen molar-refractivity contribution >= 4 is 5.97 Å². The second-order valence-electron chi connectivity index (χ2n) is 4.23. The van der Waals surface area contributed by atoms with Gasteiger partial charge in [0.15, 0.2) is 0 Å². The zero-order chi connectivity index (χ0) is 8.77. The third kappa shape index (κ3) is 0.904. The molecule has 2 nitrogen and oxygen atoms in total. The number of hydrogen-bond acceptors (Lipinski definition) is 1. The number of aliphatic carboxylic acids is 1. The highest BCUT2D eigenvalue weighted by molar-refractivity contribution is 5.87. The van der Waals surface area contributed by atoms with Gasteiger partial charge >= 0.3 is 5.97 Å². The molecule has 2 bridgehead atoms. The van der Waals surface area contributed by atoms with Crippen molar-refractivity contribution in [3.8, 4) is 0 Å². The van der Waals surface area contributed by atoms with Crippen molar-refractivity contribution in [2.45, 2.75) is 32.1 Å². The summed E-state index contributed by atoms with van der Waals surface area (Å²) in [5.74, 6) is 0.00481. The van der Waals surface area contributed by atoms with Gasteiger partial charge in [-0.3, -0.25) is 0 Å². The molecule has 3 fully saturated rings. The lowest BCUT2D eigenvalue weighted by Crippen LogP contribution is -2.44. The lowest BCUT2D eigenvalue weighted by Gasteiger charge is -2.52. The Labute approximate surface area is 72.3 Å². The standard InChI is InChI=1S/C10H14O2/c1-7(9(11)12)10-4-2-3-8(5-10)6-10/h8H,1-6H2,(H,11,12). The summed E-state index contributed by atoms with van der Waals surface area (Å²) in [7, 11) is 0. The van der Waals surface area contributed by atoms with E-state index in [4.69, 9.17) is 5.11 Å². The fraction of sp³-hybridized carbons (Fsp3) is 0.700. The van der Waals surface area contributed by atoms with E-state index in [1.54, 1.807) is 0 Å². The van der Waals surface area contributed by atoms with Gasteiger partial charge in [0.1, 0.15) is 0 Å². The Balaban J connectivity index is 2.12. The van der Waals surface area contributed by atoms with E-state index in [0.717, 1.165) is 25.2 Å². The molecule has 66 valence electrons. The van der Waals surface area contributed by atoms with Gasteiger partial charge in [0.05, 0.1) is 0 Å². The van der Waals surface area contributed by atoms with Crippen LogP contribution >= 0.6 is 0 Å². The predicted molar refractivity (Wildman–Crippen MR) is 45.8 cm³/mol. The molecule has 0 unspecified atom stereocenters. The molecule has 0 amide bonds. The first-order valence-electron chi connectivity index (χ1n) is 4.57. The minimum Gasteiger partial charge on any atom is -0.478 e. The molecular weight excluding hydrogens is 152 g/mol. The molecule has 0 aromatic rings. The molecule has 2 heteroatoms. The highest BCUT2D eigenvalue weighted by Crippen LogP contribution is 2.59. The topological polar surface area (TPSA) is 37.3 Å². The molecule has 3 rings (SSSR count). The summed E-state index contributed by atoms with van der Waals surface area (Å²) in [5.41, 5.74) is 0.466. The molecule has 0 aliphatic heterocycles. The lowest BCUT2D eigenvalue weighted by molar-refractivity contribution is -0.136. The van der Waals surface area contributed by atoms with Gasteiger partial charge in [0, 0.05) is 11.0 Å². The van der Waals surface area contributed by atoms with Gasteiger partial charge in [-0.05, 0) is 25.2 Å². The molecule has 3 saturated carbocycles. The van der Waals surface area contributed by atoms with Crippen LogP contribution in [0.5, 0.6) is 0 Å². The van der Waals surface area contributed by atoms with E-state index in [1.165, 1.54) is 12.8 Å². The Morgan fingerprint density at radius 2 is 2.17 bits per heavy atom. The SMILES string of the molecule is C=C(C(=O)O)C12CCCC(C1)C2. The highest BCUT2D eigenvalue weighted by atomic mass is 16.4. The van der Waals surface area contributed by atoms with Crippen LogP contribution in [0, 0.1) is 11.3 Å². The van der Waals surface area contributed by atoms with Crippen LogP contribution in [0.2, 0.25) is 0 Å². The monoisotopic (exact) mass is 166 g/mol. The first-order chi connectivity index (χ1) is 5.64. The van der Waals surface area contributed by atoms with Crippen molar-refractivity contribution in [2.75, 3.05) is 0 Å². The lowest BCUT2D eigenvalue weighted by atomic mass is 9.51. The summed E-state index contributed by atoms with van der Waals surface area (Å²) in [5, 5.41) is 8.82. The Kier molecular flexibility index (Phi) is 1.53. The molecule has 3 aliphatic rings. The van der Waals surface area contributed by atoms with Gasteiger partial charge in [-0.1, -0.05) is 19.4 Å². The first-order valence-corrected chi connectivity index (χ1v) is 4.57. The van der Waals surface area contributed by atoms with Gasteiger partial charge in [-0.15, -0.1) is 0 Å². The van der Waals surface area contributed by atoms with E-state index in [0.29, 0.717) is 5.57 Å². The second kappa shape index (κ2) is 2.35. The Bertz CT molecular complexity index is 231. The molecule has 0 aromatic carbocycles. The highest BCUT2D eigenvalue weighted by Gasteiger charge is 2.50. The molecule has 0 heterocycles. The summed E-state index contributed by atoms with van der Waals surface area (Å²) in [4.78, 5) is 10.7. The number of hydrogen-bond donors (Lipinski definition) is 1. The molecular formula is C10H14O2. The summed E-state index contributed by atoms with van der Waals surface area (Å²) >= 11 is 0. The third-order valence-electron chi connectivity index (χ3n) is 3.52. The maximum atomic E-state index is 10.7. The van der Waals surface area contributed by atoms with E-state index in [9.17, 15) is 4.79 Å². The van der Waals surface area contributed by atoms with Crippen LogP contribution in [0.25, 0.3) is 0 Å². The molecule has 3 aliphatic carbocycles. The zero-order valence-electron chi connectivity index (χ0n) is 7.18. The molecule has 0 saturated heterocycles. The number of rotatable bonds is 2. The van der Waals surface area contributed by atoms with Gasteiger partial charge in [0.2, 0.25) is 0 Å². The van der Waals surface area contributed by atoms with Gasteiger partial charge in [0.25, 0.3) is 0 Å². The number of fused-ring (bicyclic) bond motifs is 2.